The molecule has 0 saturated heterocycles. The second kappa shape index (κ2) is 7.31. The summed E-state index contributed by atoms with van der Waals surface area (Å²) < 4.78 is 13.4. The average Bonchev–Trinajstić information content (AvgIpc) is 2.70. The van der Waals surface area contributed by atoms with E-state index in [-0.39, 0.29) is 17.6 Å². The number of hydrogen-bond acceptors (Lipinski definition) is 5. The Morgan fingerprint density at radius 2 is 1.96 bits per heavy atom. The zero-order valence-electron chi connectivity index (χ0n) is 15.2. The predicted octanol–water partition coefficient (Wildman–Crippen LogP) is 3.89. The molecule has 1 unspecified atom stereocenters. The van der Waals surface area contributed by atoms with E-state index in [2.05, 4.69) is 28.5 Å². The van der Waals surface area contributed by atoms with Gasteiger partial charge in [-0.25, -0.2) is 9.37 Å². The number of aromatic hydroxyl groups is 1. The van der Waals surface area contributed by atoms with E-state index >= 15 is 0 Å². The minimum Gasteiger partial charge on any atom is -0.505 e. The topological polar surface area (TPSA) is 95.0 Å². The molecular formula is C22H21FN4O. The van der Waals surface area contributed by atoms with Crippen LogP contribution in [0.2, 0.25) is 0 Å². The van der Waals surface area contributed by atoms with Crippen molar-refractivity contribution < 1.29 is 9.50 Å². The molecule has 3 aromatic rings. The van der Waals surface area contributed by atoms with Crippen LogP contribution in [0.25, 0.3) is 0 Å². The van der Waals surface area contributed by atoms with Crippen LogP contribution in [-0.2, 0) is 12.8 Å². The number of phenols is 1. The lowest BCUT2D eigenvalue weighted by atomic mass is 9.88. The molecule has 142 valence electrons. The van der Waals surface area contributed by atoms with E-state index < -0.39 is 11.6 Å². The molecule has 28 heavy (non-hydrogen) atoms. The molecule has 0 fully saturated rings. The van der Waals surface area contributed by atoms with Crippen LogP contribution in [-0.4, -0.2) is 21.8 Å². The molecule has 0 saturated carbocycles. The van der Waals surface area contributed by atoms with Gasteiger partial charge in [-0.1, -0.05) is 24.3 Å². The van der Waals surface area contributed by atoms with E-state index in [9.17, 15) is 9.50 Å². The van der Waals surface area contributed by atoms with Crippen molar-refractivity contribution in [1.82, 2.24) is 4.98 Å². The molecule has 5 N–H and O–H groups in total. The Kier molecular flexibility index (Phi) is 4.69. The maximum atomic E-state index is 13.4. The number of nitrogens with two attached hydrogens (primary N) is 1. The van der Waals surface area contributed by atoms with Gasteiger partial charge in [-0.15, -0.1) is 0 Å². The standard InChI is InChI=1S/C22H21FN4O/c23-17-8-6-15(12-19(17)28)21(24)20-18(9-10-26-22(20)25)27-16-7-5-13-3-1-2-4-14(13)11-16/h1-4,6,8-10,12,16,24,28H,5,7,11H2,(H3,25,26,27). The molecule has 1 aromatic heterocycles. The summed E-state index contributed by atoms with van der Waals surface area (Å²) in [6.45, 7) is 0. The highest BCUT2D eigenvalue weighted by Gasteiger charge is 2.21. The summed E-state index contributed by atoms with van der Waals surface area (Å²) in [5.74, 6) is -1.01. The van der Waals surface area contributed by atoms with Gasteiger partial charge in [0.15, 0.2) is 11.6 Å². The van der Waals surface area contributed by atoms with Gasteiger partial charge < -0.3 is 16.2 Å². The fourth-order valence-corrected chi connectivity index (χ4v) is 3.71. The number of benzene rings is 2. The molecule has 1 aliphatic rings. The molecule has 0 spiro atoms. The fraction of sp³-hybridized carbons (Fsp3) is 0.182. The van der Waals surface area contributed by atoms with Gasteiger partial charge in [0, 0.05) is 23.5 Å². The van der Waals surface area contributed by atoms with E-state index in [1.807, 2.05) is 6.07 Å². The van der Waals surface area contributed by atoms with Crippen LogP contribution in [0.1, 0.15) is 28.7 Å². The Hall–Kier alpha value is -3.41. The summed E-state index contributed by atoms with van der Waals surface area (Å²) in [5.41, 5.74) is 10.4. The van der Waals surface area contributed by atoms with Gasteiger partial charge in [0.2, 0.25) is 0 Å². The number of aromatic nitrogens is 1. The highest BCUT2D eigenvalue weighted by molar-refractivity contribution is 6.16. The molecule has 2 aromatic carbocycles. The summed E-state index contributed by atoms with van der Waals surface area (Å²) in [6.07, 6.45) is 4.46. The molecule has 0 aliphatic heterocycles. The summed E-state index contributed by atoms with van der Waals surface area (Å²) in [5, 5.41) is 21.7. The van der Waals surface area contributed by atoms with Gasteiger partial charge in [-0.05, 0) is 54.7 Å². The molecule has 0 bridgehead atoms. The minimum absolute atomic E-state index is 0.0830. The Balaban J connectivity index is 1.63. The van der Waals surface area contributed by atoms with Crippen LogP contribution < -0.4 is 11.1 Å². The molecule has 5 nitrogen and oxygen atoms in total. The summed E-state index contributed by atoms with van der Waals surface area (Å²) in [7, 11) is 0. The third-order valence-corrected chi connectivity index (χ3v) is 5.17. The number of rotatable bonds is 4. The normalized spacial score (nSPS) is 15.7. The zero-order chi connectivity index (χ0) is 19.7. The quantitative estimate of drug-likeness (QED) is 0.520. The lowest BCUT2D eigenvalue weighted by Gasteiger charge is -2.27. The van der Waals surface area contributed by atoms with Crippen molar-refractivity contribution in [1.29, 1.82) is 5.41 Å². The second-order valence-electron chi connectivity index (χ2n) is 7.01. The van der Waals surface area contributed by atoms with Gasteiger partial charge >= 0.3 is 0 Å². The first-order chi connectivity index (χ1) is 13.5. The Labute approximate surface area is 162 Å². The maximum Gasteiger partial charge on any atom is 0.164 e. The number of nitrogens with one attached hydrogen (secondary N) is 2. The SMILES string of the molecule is N=C(c1ccc(F)c(O)c1)c1c(NC2CCc3ccccc3C2)ccnc1N. The Bertz CT molecular complexity index is 1050. The molecule has 0 radical (unpaired) electrons. The lowest BCUT2D eigenvalue weighted by molar-refractivity contribution is 0.432. The van der Waals surface area contributed by atoms with Crippen molar-refractivity contribution in [3.63, 3.8) is 0 Å². The van der Waals surface area contributed by atoms with Gasteiger partial charge in [0.25, 0.3) is 0 Å². The zero-order valence-corrected chi connectivity index (χ0v) is 15.2. The molecular weight excluding hydrogens is 355 g/mol. The highest BCUT2D eigenvalue weighted by Crippen LogP contribution is 2.29. The fourth-order valence-electron chi connectivity index (χ4n) is 3.71. The van der Waals surface area contributed by atoms with Crippen LogP contribution >= 0.6 is 0 Å². The number of hydrogen-bond donors (Lipinski definition) is 4. The number of aryl methyl sites for hydroxylation is 1. The van der Waals surface area contributed by atoms with Crippen molar-refractivity contribution in [3.05, 3.63) is 82.8 Å². The number of fused-ring (bicyclic) bond motifs is 1. The monoisotopic (exact) mass is 376 g/mol. The van der Waals surface area contributed by atoms with Crippen molar-refractivity contribution >= 4 is 17.2 Å². The Morgan fingerprint density at radius 1 is 1.18 bits per heavy atom. The number of halogens is 1. The highest BCUT2D eigenvalue weighted by atomic mass is 19.1. The van der Waals surface area contributed by atoms with E-state index in [1.165, 1.54) is 23.3 Å². The minimum atomic E-state index is -0.727. The number of anilines is 2. The van der Waals surface area contributed by atoms with E-state index in [0.29, 0.717) is 16.8 Å². The van der Waals surface area contributed by atoms with Crippen molar-refractivity contribution in [2.24, 2.45) is 0 Å². The average molecular weight is 376 g/mol. The number of pyridine rings is 1. The van der Waals surface area contributed by atoms with Gasteiger partial charge in [0.1, 0.15) is 5.82 Å². The van der Waals surface area contributed by atoms with E-state index in [1.54, 1.807) is 12.3 Å². The van der Waals surface area contributed by atoms with Crippen molar-refractivity contribution in [2.45, 2.75) is 25.3 Å². The van der Waals surface area contributed by atoms with Crippen LogP contribution in [0.5, 0.6) is 5.75 Å². The number of nitrogens with zero attached hydrogens (tertiary/aromatic N) is 1. The first-order valence-electron chi connectivity index (χ1n) is 9.18. The van der Waals surface area contributed by atoms with Crippen LogP contribution in [0.4, 0.5) is 15.9 Å². The van der Waals surface area contributed by atoms with E-state index in [4.69, 9.17) is 11.1 Å². The van der Waals surface area contributed by atoms with Crippen molar-refractivity contribution in [2.75, 3.05) is 11.1 Å². The molecule has 6 heteroatoms. The number of phenolic OH excluding ortho intramolecular Hbond substituents is 1. The molecule has 1 atom stereocenters. The first kappa shape index (κ1) is 18.0. The molecule has 4 rings (SSSR count). The molecule has 1 heterocycles. The van der Waals surface area contributed by atoms with Gasteiger partial charge in [-0.3, -0.25) is 5.41 Å². The molecule has 1 aliphatic carbocycles. The summed E-state index contributed by atoms with van der Waals surface area (Å²) in [4.78, 5) is 4.12. The summed E-state index contributed by atoms with van der Waals surface area (Å²) in [6, 6.07) is 14.2. The van der Waals surface area contributed by atoms with Gasteiger partial charge in [-0.2, -0.15) is 0 Å². The van der Waals surface area contributed by atoms with Gasteiger partial charge in [0.05, 0.1) is 11.3 Å². The van der Waals surface area contributed by atoms with Crippen LogP contribution in [0.15, 0.2) is 54.7 Å². The van der Waals surface area contributed by atoms with Crippen LogP contribution in [0.3, 0.4) is 0 Å². The number of nitrogen functional groups attached to an aromatic ring is 1. The smallest absolute Gasteiger partial charge is 0.164 e. The summed E-state index contributed by atoms with van der Waals surface area (Å²) >= 11 is 0. The third kappa shape index (κ3) is 3.41. The predicted molar refractivity (Wildman–Crippen MR) is 109 cm³/mol. The molecule has 0 amide bonds. The maximum absolute atomic E-state index is 13.4. The second-order valence-corrected chi connectivity index (χ2v) is 7.01. The van der Waals surface area contributed by atoms with Crippen LogP contribution in [0, 0.1) is 11.2 Å². The first-order valence-corrected chi connectivity index (χ1v) is 9.18. The lowest BCUT2D eigenvalue weighted by Crippen LogP contribution is -2.28. The van der Waals surface area contributed by atoms with E-state index in [0.717, 1.165) is 25.3 Å². The van der Waals surface area contributed by atoms with Crippen molar-refractivity contribution in [3.8, 4) is 5.75 Å². The largest absolute Gasteiger partial charge is 0.505 e. The third-order valence-electron chi connectivity index (χ3n) is 5.17. The Morgan fingerprint density at radius 3 is 2.75 bits per heavy atom.